The maximum atomic E-state index is 12.8. The summed E-state index contributed by atoms with van der Waals surface area (Å²) in [5.41, 5.74) is 0.984. The standard InChI is InChI=1S/C14H15F3N4/c1-18-11-8-12(20-13(19-11)14(15,16)17)21(2)9-10-6-4-3-5-7-10/h3-8H,9H2,1-2H3,(H,18,19,20). The zero-order valence-corrected chi connectivity index (χ0v) is 11.6. The van der Waals surface area contributed by atoms with Crippen molar-refractivity contribution in [2.75, 3.05) is 24.3 Å². The lowest BCUT2D eigenvalue weighted by Gasteiger charge is -2.20. The molecule has 0 radical (unpaired) electrons. The minimum Gasteiger partial charge on any atom is -0.373 e. The first-order chi connectivity index (χ1) is 9.90. The summed E-state index contributed by atoms with van der Waals surface area (Å²) in [6.07, 6.45) is -4.57. The van der Waals surface area contributed by atoms with Gasteiger partial charge in [-0.05, 0) is 5.56 Å². The molecule has 2 aromatic rings. The highest BCUT2D eigenvalue weighted by Crippen LogP contribution is 2.29. The van der Waals surface area contributed by atoms with Crippen LogP contribution < -0.4 is 10.2 Å². The molecule has 0 aliphatic rings. The highest BCUT2D eigenvalue weighted by molar-refractivity contribution is 5.49. The van der Waals surface area contributed by atoms with Crippen molar-refractivity contribution < 1.29 is 13.2 Å². The van der Waals surface area contributed by atoms with Crippen LogP contribution in [0, 0.1) is 0 Å². The second kappa shape index (κ2) is 5.99. The highest BCUT2D eigenvalue weighted by atomic mass is 19.4. The number of anilines is 2. The SMILES string of the molecule is CNc1cc(N(C)Cc2ccccc2)nc(C(F)(F)F)n1. The molecule has 1 aromatic heterocycles. The second-order valence-electron chi connectivity index (χ2n) is 4.52. The van der Waals surface area contributed by atoms with E-state index in [0.717, 1.165) is 5.56 Å². The Labute approximate surface area is 120 Å². The van der Waals surface area contributed by atoms with Crippen LogP contribution in [0.15, 0.2) is 36.4 Å². The van der Waals surface area contributed by atoms with E-state index in [0.29, 0.717) is 6.54 Å². The van der Waals surface area contributed by atoms with E-state index < -0.39 is 12.0 Å². The maximum absolute atomic E-state index is 12.8. The van der Waals surface area contributed by atoms with Gasteiger partial charge in [-0.1, -0.05) is 30.3 Å². The molecule has 1 aromatic carbocycles. The molecule has 21 heavy (non-hydrogen) atoms. The van der Waals surface area contributed by atoms with E-state index >= 15 is 0 Å². The van der Waals surface area contributed by atoms with Gasteiger partial charge >= 0.3 is 6.18 Å². The monoisotopic (exact) mass is 296 g/mol. The molecule has 112 valence electrons. The van der Waals surface area contributed by atoms with Crippen LogP contribution in [-0.2, 0) is 12.7 Å². The third-order valence-corrected chi connectivity index (χ3v) is 2.88. The number of nitrogens with one attached hydrogen (secondary N) is 1. The van der Waals surface area contributed by atoms with Crippen molar-refractivity contribution in [3.05, 3.63) is 47.8 Å². The summed E-state index contributed by atoms with van der Waals surface area (Å²) in [4.78, 5) is 8.68. The number of hydrogen-bond acceptors (Lipinski definition) is 4. The van der Waals surface area contributed by atoms with Crippen molar-refractivity contribution in [3.63, 3.8) is 0 Å². The summed E-state index contributed by atoms with van der Waals surface area (Å²) >= 11 is 0. The Balaban J connectivity index is 2.30. The maximum Gasteiger partial charge on any atom is 0.451 e. The van der Waals surface area contributed by atoms with E-state index in [2.05, 4.69) is 15.3 Å². The van der Waals surface area contributed by atoms with E-state index in [1.54, 1.807) is 11.9 Å². The van der Waals surface area contributed by atoms with Crippen molar-refractivity contribution in [2.24, 2.45) is 0 Å². The molecular weight excluding hydrogens is 281 g/mol. The predicted octanol–water partition coefficient (Wildman–Crippen LogP) is 3.17. The third kappa shape index (κ3) is 3.84. The van der Waals surface area contributed by atoms with Gasteiger partial charge in [-0.25, -0.2) is 9.97 Å². The number of nitrogens with zero attached hydrogens (tertiary/aromatic N) is 3. The van der Waals surface area contributed by atoms with Gasteiger partial charge in [0.2, 0.25) is 5.82 Å². The summed E-state index contributed by atoms with van der Waals surface area (Å²) in [5, 5.41) is 2.62. The van der Waals surface area contributed by atoms with Crippen molar-refractivity contribution in [1.82, 2.24) is 9.97 Å². The fourth-order valence-corrected chi connectivity index (χ4v) is 1.82. The van der Waals surface area contributed by atoms with Gasteiger partial charge in [0.05, 0.1) is 0 Å². The summed E-state index contributed by atoms with van der Waals surface area (Å²) in [6, 6.07) is 10.9. The van der Waals surface area contributed by atoms with Crippen LogP contribution in [0.5, 0.6) is 0 Å². The Hall–Kier alpha value is -2.31. The van der Waals surface area contributed by atoms with Gasteiger partial charge in [0.1, 0.15) is 11.6 Å². The van der Waals surface area contributed by atoms with Gasteiger partial charge in [-0.2, -0.15) is 13.2 Å². The van der Waals surface area contributed by atoms with Gasteiger partial charge in [-0.3, -0.25) is 0 Å². The van der Waals surface area contributed by atoms with Crippen LogP contribution in [-0.4, -0.2) is 24.1 Å². The largest absolute Gasteiger partial charge is 0.451 e. The van der Waals surface area contributed by atoms with E-state index in [1.807, 2.05) is 30.3 Å². The summed E-state index contributed by atoms with van der Waals surface area (Å²) in [7, 11) is 3.21. The lowest BCUT2D eigenvalue weighted by atomic mass is 10.2. The molecule has 0 bridgehead atoms. The summed E-state index contributed by atoms with van der Waals surface area (Å²) in [6.45, 7) is 0.457. The first-order valence-electron chi connectivity index (χ1n) is 6.29. The van der Waals surface area contributed by atoms with E-state index in [4.69, 9.17) is 0 Å². The smallest absolute Gasteiger partial charge is 0.373 e. The first kappa shape index (κ1) is 15.1. The molecule has 0 unspecified atom stereocenters. The van der Waals surface area contributed by atoms with Gasteiger partial charge in [0, 0.05) is 26.7 Å². The zero-order valence-electron chi connectivity index (χ0n) is 11.6. The quantitative estimate of drug-likeness (QED) is 0.941. The molecule has 0 aliphatic heterocycles. The molecule has 2 rings (SSSR count). The van der Waals surface area contributed by atoms with Crippen LogP contribution in [0.3, 0.4) is 0 Å². The zero-order chi connectivity index (χ0) is 15.5. The number of aromatic nitrogens is 2. The van der Waals surface area contributed by atoms with Crippen molar-refractivity contribution in [1.29, 1.82) is 0 Å². The topological polar surface area (TPSA) is 41.0 Å². The number of benzene rings is 1. The fourth-order valence-electron chi connectivity index (χ4n) is 1.82. The van der Waals surface area contributed by atoms with Crippen molar-refractivity contribution in [2.45, 2.75) is 12.7 Å². The summed E-state index contributed by atoms with van der Waals surface area (Å²) in [5.74, 6) is -0.804. The molecule has 1 N–H and O–H groups in total. The predicted molar refractivity (Wildman–Crippen MR) is 75.1 cm³/mol. The lowest BCUT2D eigenvalue weighted by molar-refractivity contribution is -0.144. The molecule has 7 heteroatoms. The number of rotatable bonds is 4. The molecule has 0 aliphatic carbocycles. The minimum absolute atomic E-state index is 0.132. The van der Waals surface area contributed by atoms with E-state index in [9.17, 15) is 13.2 Å². The van der Waals surface area contributed by atoms with Crippen LogP contribution in [0.25, 0.3) is 0 Å². The van der Waals surface area contributed by atoms with Crippen molar-refractivity contribution >= 4 is 11.6 Å². The number of halogens is 3. The van der Waals surface area contributed by atoms with Crippen molar-refractivity contribution in [3.8, 4) is 0 Å². The number of hydrogen-bond donors (Lipinski definition) is 1. The van der Waals surface area contributed by atoms with Gasteiger partial charge in [0.15, 0.2) is 0 Å². The molecule has 0 amide bonds. The highest BCUT2D eigenvalue weighted by Gasteiger charge is 2.35. The molecule has 0 saturated heterocycles. The molecule has 0 fully saturated rings. The third-order valence-electron chi connectivity index (χ3n) is 2.88. The Morgan fingerprint density at radius 1 is 1.14 bits per heavy atom. The molecular formula is C14H15F3N4. The molecule has 0 saturated carbocycles. The van der Waals surface area contributed by atoms with Crippen LogP contribution >= 0.6 is 0 Å². The van der Waals surface area contributed by atoms with Crippen LogP contribution in [0.1, 0.15) is 11.4 Å². The van der Waals surface area contributed by atoms with Gasteiger partial charge in [0.25, 0.3) is 0 Å². The molecule has 1 heterocycles. The average molecular weight is 296 g/mol. The summed E-state index contributed by atoms with van der Waals surface area (Å²) < 4.78 is 38.4. The van der Waals surface area contributed by atoms with Gasteiger partial charge < -0.3 is 10.2 Å². The van der Waals surface area contributed by atoms with Crippen LogP contribution in [0.4, 0.5) is 24.8 Å². The van der Waals surface area contributed by atoms with E-state index in [-0.39, 0.29) is 11.6 Å². The molecule has 0 spiro atoms. The van der Waals surface area contributed by atoms with Gasteiger partial charge in [-0.15, -0.1) is 0 Å². The lowest BCUT2D eigenvalue weighted by Crippen LogP contribution is -2.21. The molecule has 4 nitrogen and oxygen atoms in total. The van der Waals surface area contributed by atoms with E-state index in [1.165, 1.54) is 13.1 Å². The molecule has 0 atom stereocenters. The average Bonchev–Trinajstić information content (AvgIpc) is 2.46. The Morgan fingerprint density at radius 2 is 1.81 bits per heavy atom. The normalized spacial score (nSPS) is 11.3. The minimum atomic E-state index is -4.57. The van der Waals surface area contributed by atoms with Crippen LogP contribution in [0.2, 0.25) is 0 Å². The Bertz CT molecular complexity index is 599. The Kier molecular flexibility index (Phi) is 4.30. The second-order valence-corrected chi connectivity index (χ2v) is 4.52. The fraction of sp³-hybridized carbons (Fsp3) is 0.286. The Morgan fingerprint density at radius 3 is 2.38 bits per heavy atom. The number of alkyl halides is 3. The first-order valence-corrected chi connectivity index (χ1v) is 6.29.